The molecule has 1 aliphatic heterocycles. The average molecular weight is 272 g/mol. The number of nitrogens with zero attached hydrogens (tertiary/aromatic N) is 5. The number of aromatic nitrogens is 4. The number of pyridine rings is 1. The lowest BCUT2D eigenvalue weighted by Gasteiger charge is -2.35. The van der Waals surface area contributed by atoms with Gasteiger partial charge >= 0.3 is 0 Å². The molecule has 0 aromatic carbocycles. The predicted molar refractivity (Wildman–Crippen MR) is 77.9 cm³/mol. The van der Waals surface area contributed by atoms with Crippen molar-refractivity contribution in [3.05, 3.63) is 31.0 Å². The Labute approximate surface area is 118 Å². The maximum absolute atomic E-state index is 4.41. The van der Waals surface area contributed by atoms with E-state index in [2.05, 4.69) is 39.3 Å². The largest absolute Gasteiger partial charge is 0.381 e. The third-order valence-corrected chi connectivity index (χ3v) is 3.98. The third kappa shape index (κ3) is 2.80. The summed E-state index contributed by atoms with van der Waals surface area (Å²) >= 11 is 0. The van der Waals surface area contributed by atoms with E-state index in [0.717, 1.165) is 18.1 Å². The fourth-order valence-electron chi connectivity index (χ4n) is 2.59. The van der Waals surface area contributed by atoms with Crippen molar-refractivity contribution < 1.29 is 0 Å². The predicted octanol–water partition coefficient (Wildman–Crippen LogP) is 1.56. The Kier molecular flexibility index (Phi) is 3.64. The number of hydrogen-bond donors (Lipinski definition) is 1. The Morgan fingerprint density at radius 3 is 2.90 bits per heavy atom. The zero-order valence-electron chi connectivity index (χ0n) is 11.9. The monoisotopic (exact) mass is 272 g/mol. The van der Waals surface area contributed by atoms with Crippen molar-refractivity contribution in [1.29, 1.82) is 0 Å². The van der Waals surface area contributed by atoms with Crippen LogP contribution in [0.15, 0.2) is 31.0 Å². The highest BCUT2D eigenvalue weighted by molar-refractivity contribution is 5.44. The molecule has 2 aromatic heterocycles. The first-order chi connectivity index (χ1) is 9.72. The first-order valence-corrected chi connectivity index (χ1v) is 7.00. The molecule has 3 heterocycles. The Morgan fingerprint density at radius 2 is 2.25 bits per heavy atom. The molecule has 20 heavy (non-hydrogen) atoms. The highest BCUT2D eigenvalue weighted by Gasteiger charge is 2.22. The summed E-state index contributed by atoms with van der Waals surface area (Å²) in [5.74, 6) is 0.782. The number of nitrogens with one attached hydrogen (secondary N) is 1. The Morgan fingerprint density at radius 1 is 1.35 bits per heavy atom. The van der Waals surface area contributed by atoms with Gasteiger partial charge in [0.2, 0.25) is 0 Å². The van der Waals surface area contributed by atoms with Crippen LogP contribution < -0.4 is 5.32 Å². The summed E-state index contributed by atoms with van der Waals surface area (Å²) < 4.78 is 1.65. The van der Waals surface area contributed by atoms with E-state index >= 15 is 0 Å². The number of likely N-dealkylation sites (tertiary alicyclic amines) is 1. The minimum absolute atomic E-state index is 0.528. The van der Waals surface area contributed by atoms with E-state index in [0.29, 0.717) is 12.1 Å². The van der Waals surface area contributed by atoms with Crippen LogP contribution in [0.1, 0.15) is 19.8 Å². The third-order valence-electron chi connectivity index (χ3n) is 3.98. The van der Waals surface area contributed by atoms with E-state index in [9.17, 15) is 0 Å². The van der Waals surface area contributed by atoms with Gasteiger partial charge in [0.15, 0.2) is 5.82 Å². The Hall–Kier alpha value is -1.95. The quantitative estimate of drug-likeness (QED) is 0.919. The van der Waals surface area contributed by atoms with Gasteiger partial charge in [-0.2, -0.15) is 5.10 Å². The van der Waals surface area contributed by atoms with Gasteiger partial charge in [-0.1, -0.05) is 0 Å². The van der Waals surface area contributed by atoms with Gasteiger partial charge in [-0.3, -0.25) is 0 Å². The maximum atomic E-state index is 4.41. The van der Waals surface area contributed by atoms with Crippen LogP contribution in [-0.4, -0.2) is 50.3 Å². The summed E-state index contributed by atoms with van der Waals surface area (Å²) in [6.07, 6.45) is 7.36. The molecule has 0 spiro atoms. The minimum Gasteiger partial charge on any atom is -0.381 e. The van der Waals surface area contributed by atoms with Crippen LogP contribution in [0.4, 0.5) is 5.69 Å². The minimum atomic E-state index is 0.528. The highest BCUT2D eigenvalue weighted by Crippen LogP contribution is 2.19. The molecule has 0 saturated carbocycles. The van der Waals surface area contributed by atoms with Crippen molar-refractivity contribution in [3.8, 4) is 5.82 Å². The van der Waals surface area contributed by atoms with Crippen LogP contribution in [0.2, 0.25) is 0 Å². The second-order valence-corrected chi connectivity index (χ2v) is 5.44. The molecule has 2 unspecified atom stereocenters. The fourth-order valence-corrected chi connectivity index (χ4v) is 2.59. The molecule has 2 atom stereocenters. The molecule has 1 N–H and O–H groups in total. The van der Waals surface area contributed by atoms with Crippen LogP contribution in [-0.2, 0) is 0 Å². The molecule has 1 aliphatic rings. The summed E-state index contributed by atoms with van der Waals surface area (Å²) in [5, 5.41) is 7.64. The van der Waals surface area contributed by atoms with Crippen molar-refractivity contribution >= 4 is 5.69 Å². The number of hydrogen-bond acceptors (Lipinski definition) is 5. The van der Waals surface area contributed by atoms with Gasteiger partial charge in [-0.05, 0) is 38.9 Å². The van der Waals surface area contributed by atoms with Crippen LogP contribution >= 0.6 is 0 Å². The molecular weight excluding hydrogens is 252 g/mol. The van der Waals surface area contributed by atoms with Gasteiger partial charge in [0, 0.05) is 18.6 Å². The van der Waals surface area contributed by atoms with Gasteiger partial charge in [0.25, 0.3) is 0 Å². The van der Waals surface area contributed by atoms with Crippen LogP contribution in [0.25, 0.3) is 5.82 Å². The highest BCUT2D eigenvalue weighted by atomic mass is 15.3. The summed E-state index contributed by atoms with van der Waals surface area (Å²) in [6.45, 7) is 3.42. The van der Waals surface area contributed by atoms with Gasteiger partial charge in [0.05, 0.1) is 11.9 Å². The number of anilines is 1. The molecule has 0 aliphatic carbocycles. The molecule has 6 heteroatoms. The molecule has 3 rings (SSSR count). The Bertz CT molecular complexity index is 535. The molecule has 0 bridgehead atoms. The Balaban J connectivity index is 1.64. The number of rotatable bonds is 3. The van der Waals surface area contributed by atoms with Crippen molar-refractivity contribution in [3.63, 3.8) is 0 Å². The maximum Gasteiger partial charge on any atom is 0.155 e. The molecule has 6 nitrogen and oxygen atoms in total. The number of piperidine rings is 1. The topological polar surface area (TPSA) is 58.9 Å². The lowest BCUT2D eigenvalue weighted by atomic mass is 9.99. The second-order valence-electron chi connectivity index (χ2n) is 5.44. The molecule has 0 radical (unpaired) electrons. The normalized spacial score (nSPS) is 23.7. The first-order valence-electron chi connectivity index (χ1n) is 7.00. The summed E-state index contributed by atoms with van der Waals surface area (Å²) in [4.78, 5) is 10.7. The van der Waals surface area contributed by atoms with Crippen molar-refractivity contribution in [1.82, 2.24) is 24.6 Å². The van der Waals surface area contributed by atoms with E-state index in [1.807, 2.05) is 18.3 Å². The summed E-state index contributed by atoms with van der Waals surface area (Å²) in [6, 6.07) is 5.16. The fraction of sp³-hybridized carbons (Fsp3) is 0.500. The average Bonchev–Trinajstić information content (AvgIpc) is 2.98. The SMILES string of the molecule is CC1CC(Nc2ccc(-n3cncn3)nc2)CCN1C. The van der Waals surface area contributed by atoms with Gasteiger partial charge < -0.3 is 10.2 Å². The van der Waals surface area contributed by atoms with Crippen LogP contribution in [0, 0.1) is 0 Å². The van der Waals surface area contributed by atoms with Crippen LogP contribution in [0.5, 0.6) is 0 Å². The summed E-state index contributed by atoms with van der Waals surface area (Å²) in [7, 11) is 2.19. The smallest absolute Gasteiger partial charge is 0.155 e. The first kappa shape index (κ1) is 13.1. The van der Waals surface area contributed by atoms with E-state index < -0.39 is 0 Å². The second kappa shape index (κ2) is 5.58. The zero-order chi connectivity index (χ0) is 13.9. The molecule has 2 aromatic rings. The van der Waals surface area contributed by atoms with Crippen molar-refractivity contribution in [2.45, 2.75) is 31.8 Å². The van der Waals surface area contributed by atoms with Crippen LogP contribution in [0.3, 0.4) is 0 Å². The van der Waals surface area contributed by atoms with Crippen molar-refractivity contribution in [2.75, 3.05) is 18.9 Å². The summed E-state index contributed by atoms with van der Waals surface area (Å²) in [5.41, 5.74) is 1.07. The van der Waals surface area contributed by atoms with Gasteiger partial charge in [0.1, 0.15) is 12.7 Å². The van der Waals surface area contributed by atoms with Crippen molar-refractivity contribution in [2.24, 2.45) is 0 Å². The lowest BCUT2D eigenvalue weighted by molar-refractivity contribution is 0.190. The van der Waals surface area contributed by atoms with E-state index in [1.165, 1.54) is 19.2 Å². The van der Waals surface area contributed by atoms with Gasteiger partial charge in [-0.25, -0.2) is 14.6 Å². The zero-order valence-corrected chi connectivity index (χ0v) is 11.9. The van der Waals surface area contributed by atoms with E-state index in [1.54, 1.807) is 11.0 Å². The lowest BCUT2D eigenvalue weighted by Crippen LogP contribution is -2.42. The van der Waals surface area contributed by atoms with E-state index in [-0.39, 0.29) is 0 Å². The molecule has 1 fully saturated rings. The molecule has 106 valence electrons. The van der Waals surface area contributed by atoms with Gasteiger partial charge in [-0.15, -0.1) is 0 Å². The molecule has 1 saturated heterocycles. The molecular formula is C14H20N6. The van der Waals surface area contributed by atoms with E-state index in [4.69, 9.17) is 0 Å². The molecule has 0 amide bonds. The standard InChI is InChI=1S/C14H20N6/c1-11-7-12(5-6-19(11)2)18-13-3-4-14(16-8-13)20-10-15-9-17-20/h3-4,8-12,18H,5-7H2,1-2H3.